The van der Waals surface area contributed by atoms with Gasteiger partial charge in [0.1, 0.15) is 11.5 Å². The lowest BCUT2D eigenvalue weighted by atomic mass is 9.85. The van der Waals surface area contributed by atoms with E-state index in [1.807, 2.05) is 0 Å². The fourth-order valence-electron chi connectivity index (χ4n) is 1.89. The normalized spacial score (nSPS) is 12.4. The van der Waals surface area contributed by atoms with Gasteiger partial charge in [0, 0.05) is 0 Å². The molecule has 0 fully saturated rings. The van der Waals surface area contributed by atoms with Crippen molar-refractivity contribution < 1.29 is 50.5 Å². The minimum atomic E-state index is -5.70. The highest BCUT2D eigenvalue weighted by molar-refractivity contribution is 6.00. The highest BCUT2D eigenvalue weighted by Crippen LogP contribution is 2.40. The van der Waals surface area contributed by atoms with Gasteiger partial charge in [0.25, 0.3) is 6.08 Å². The van der Waals surface area contributed by atoms with E-state index in [4.69, 9.17) is 0 Å². The molecule has 0 aromatic heterocycles. The number of carbonyl (C=O) groups is 3. The third kappa shape index (κ3) is 6.31. The molecule has 6 nitrogen and oxygen atoms in total. The van der Waals surface area contributed by atoms with Crippen LogP contribution in [0.4, 0.5) is 22.0 Å². The van der Waals surface area contributed by atoms with Crippen LogP contribution < -0.4 is 0 Å². The Bertz CT molecular complexity index is 506. The summed E-state index contributed by atoms with van der Waals surface area (Å²) < 4.78 is 78.2. The van der Waals surface area contributed by atoms with Gasteiger partial charge in [-0.05, 0) is 20.8 Å². The summed E-state index contributed by atoms with van der Waals surface area (Å²) in [6.45, 7) is 2.56. The number of carbonyl (C=O) groups excluding carboxylic acids is 3. The van der Waals surface area contributed by atoms with Crippen LogP contribution in [-0.4, -0.2) is 43.9 Å². The van der Waals surface area contributed by atoms with Crippen molar-refractivity contribution in [1.82, 2.24) is 0 Å². The quantitative estimate of drug-likeness (QED) is 0.280. The van der Waals surface area contributed by atoms with Crippen molar-refractivity contribution in [2.24, 2.45) is 11.8 Å². The van der Waals surface area contributed by atoms with Crippen molar-refractivity contribution in [3.8, 4) is 0 Å². The average molecular weight is 376 g/mol. The van der Waals surface area contributed by atoms with Crippen LogP contribution in [0.5, 0.6) is 0 Å². The number of halogens is 5. The van der Waals surface area contributed by atoms with Crippen LogP contribution in [0.1, 0.15) is 20.8 Å². The molecule has 0 N–H and O–H groups in total. The summed E-state index contributed by atoms with van der Waals surface area (Å²) in [7, 11) is 0. The molecule has 0 saturated heterocycles. The van der Waals surface area contributed by atoms with Crippen molar-refractivity contribution in [2.75, 3.05) is 19.8 Å². The lowest BCUT2D eigenvalue weighted by Gasteiger charge is -2.25. The Balaban J connectivity index is 6.37. The molecule has 0 bridgehead atoms. The SMILES string of the molecule is CCOC(=O)C(C(=O)OCC)C(C(=O)OCC)C(=C(F)F)C(F)(F)F. The minimum Gasteiger partial charge on any atom is -0.465 e. The molecule has 0 rings (SSSR count). The number of ether oxygens (including phenoxy) is 3. The van der Waals surface area contributed by atoms with Crippen LogP contribution in [0.2, 0.25) is 0 Å². The molecular weight excluding hydrogens is 359 g/mol. The molecule has 0 aliphatic carbocycles. The van der Waals surface area contributed by atoms with Crippen molar-refractivity contribution in [2.45, 2.75) is 26.9 Å². The average Bonchev–Trinajstić information content (AvgIpc) is 2.45. The number of hydrogen-bond acceptors (Lipinski definition) is 6. The van der Waals surface area contributed by atoms with Crippen molar-refractivity contribution >= 4 is 17.9 Å². The van der Waals surface area contributed by atoms with Gasteiger partial charge < -0.3 is 14.2 Å². The van der Waals surface area contributed by atoms with E-state index in [0.29, 0.717) is 0 Å². The molecule has 11 heteroatoms. The van der Waals surface area contributed by atoms with Gasteiger partial charge in [-0.1, -0.05) is 0 Å². The summed E-state index contributed by atoms with van der Waals surface area (Å²) in [4.78, 5) is 35.7. The van der Waals surface area contributed by atoms with E-state index in [0.717, 1.165) is 0 Å². The van der Waals surface area contributed by atoms with Gasteiger partial charge >= 0.3 is 24.1 Å². The summed E-state index contributed by atoms with van der Waals surface area (Å²) in [6.07, 6.45) is -8.97. The third-order valence-electron chi connectivity index (χ3n) is 2.77. The first kappa shape index (κ1) is 22.8. The van der Waals surface area contributed by atoms with E-state index in [9.17, 15) is 36.3 Å². The molecule has 0 saturated carbocycles. The van der Waals surface area contributed by atoms with Crippen LogP contribution >= 0.6 is 0 Å². The van der Waals surface area contributed by atoms with Gasteiger partial charge in [-0.2, -0.15) is 22.0 Å². The maximum absolute atomic E-state index is 13.0. The Labute approximate surface area is 139 Å². The number of rotatable bonds is 8. The standard InChI is InChI=1S/C14H17F5O6/c1-4-23-11(20)7(9(10(15)16)14(17,18)19)8(12(21)24-5-2)13(22)25-6-3/h7-8H,4-6H2,1-3H3. The maximum atomic E-state index is 13.0. The molecule has 0 aliphatic rings. The second-order valence-corrected chi connectivity index (χ2v) is 4.38. The van der Waals surface area contributed by atoms with Gasteiger partial charge in [-0.15, -0.1) is 0 Å². The first-order valence-electron chi connectivity index (χ1n) is 7.15. The van der Waals surface area contributed by atoms with E-state index in [1.54, 1.807) is 0 Å². The van der Waals surface area contributed by atoms with E-state index >= 15 is 0 Å². The Hall–Kier alpha value is -2.20. The van der Waals surface area contributed by atoms with Crippen LogP contribution in [0.15, 0.2) is 11.7 Å². The zero-order chi connectivity index (χ0) is 19.8. The predicted molar refractivity (Wildman–Crippen MR) is 72.2 cm³/mol. The molecule has 1 atom stereocenters. The molecule has 25 heavy (non-hydrogen) atoms. The Morgan fingerprint density at radius 3 is 1.32 bits per heavy atom. The van der Waals surface area contributed by atoms with Crippen LogP contribution in [-0.2, 0) is 28.6 Å². The van der Waals surface area contributed by atoms with Crippen LogP contribution in [0.3, 0.4) is 0 Å². The van der Waals surface area contributed by atoms with E-state index in [-0.39, 0.29) is 13.2 Å². The van der Waals surface area contributed by atoms with Crippen LogP contribution in [0, 0.1) is 11.8 Å². The molecule has 144 valence electrons. The van der Waals surface area contributed by atoms with Crippen molar-refractivity contribution in [1.29, 1.82) is 0 Å². The highest BCUT2D eigenvalue weighted by Gasteiger charge is 2.54. The fourth-order valence-corrected chi connectivity index (χ4v) is 1.89. The summed E-state index contributed by atoms with van der Waals surface area (Å²) in [5.41, 5.74) is -2.66. The van der Waals surface area contributed by atoms with E-state index < -0.39 is 54.2 Å². The lowest BCUT2D eigenvalue weighted by Crippen LogP contribution is -2.43. The van der Waals surface area contributed by atoms with Crippen molar-refractivity contribution in [3.63, 3.8) is 0 Å². The molecule has 1 unspecified atom stereocenters. The molecule has 0 aromatic rings. The van der Waals surface area contributed by atoms with Gasteiger partial charge in [-0.25, -0.2) is 0 Å². The summed E-state index contributed by atoms with van der Waals surface area (Å²) >= 11 is 0. The fraction of sp³-hybridized carbons (Fsp3) is 0.643. The first-order valence-corrected chi connectivity index (χ1v) is 7.15. The molecule has 0 aromatic carbocycles. The predicted octanol–water partition coefficient (Wildman–Crippen LogP) is 2.62. The second kappa shape index (κ2) is 9.94. The molecule has 0 spiro atoms. The first-order chi connectivity index (χ1) is 11.5. The monoisotopic (exact) mass is 376 g/mol. The zero-order valence-electron chi connectivity index (χ0n) is 13.6. The summed E-state index contributed by atoms with van der Waals surface area (Å²) in [6, 6.07) is 0. The largest absolute Gasteiger partial charge is 0.465 e. The topological polar surface area (TPSA) is 78.9 Å². The second-order valence-electron chi connectivity index (χ2n) is 4.38. The van der Waals surface area contributed by atoms with Gasteiger partial charge in [0.2, 0.25) is 0 Å². The third-order valence-corrected chi connectivity index (χ3v) is 2.77. The van der Waals surface area contributed by atoms with E-state index in [1.165, 1.54) is 20.8 Å². The molecule has 0 amide bonds. The van der Waals surface area contributed by atoms with Gasteiger partial charge in [0.05, 0.1) is 19.8 Å². The van der Waals surface area contributed by atoms with Crippen LogP contribution in [0.25, 0.3) is 0 Å². The lowest BCUT2D eigenvalue weighted by molar-refractivity contribution is -0.173. The Kier molecular flexibility index (Phi) is 9.07. The molecule has 0 radical (unpaired) electrons. The minimum absolute atomic E-state index is 0.368. The highest BCUT2D eigenvalue weighted by atomic mass is 19.4. The smallest absolute Gasteiger partial charge is 0.418 e. The summed E-state index contributed by atoms with van der Waals surface area (Å²) in [5, 5.41) is 0. The van der Waals surface area contributed by atoms with E-state index in [2.05, 4.69) is 14.2 Å². The maximum Gasteiger partial charge on any atom is 0.418 e. The van der Waals surface area contributed by atoms with Gasteiger partial charge in [-0.3, -0.25) is 14.4 Å². The number of esters is 3. The van der Waals surface area contributed by atoms with Gasteiger partial charge in [0.15, 0.2) is 5.92 Å². The molecular formula is C14H17F5O6. The summed E-state index contributed by atoms with van der Waals surface area (Å²) in [5.74, 6) is -10.6. The van der Waals surface area contributed by atoms with Crippen molar-refractivity contribution in [3.05, 3.63) is 11.7 Å². The molecule has 0 heterocycles. The Morgan fingerprint density at radius 2 is 1.08 bits per heavy atom. The zero-order valence-corrected chi connectivity index (χ0v) is 13.6. The Morgan fingerprint density at radius 1 is 0.760 bits per heavy atom. The number of hydrogen-bond donors (Lipinski definition) is 0. The molecule has 0 aliphatic heterocycles. The number of alkyl halides is 3.